The van der Waals surface area contributed by atoms with Crippen molar-refractivity contribution in [2.24, 2.45) is 5.92 Å². The minimum absolute atomic E-state index is 0.0419. The first kappa shape index (κ1) is 11.6. The van der Waals surface area contributed by atoms with Gasteiger partial charge in [0.25, 0.3) is 0 Å². The summed E-state index contributed by atoms with van der Waals surface area (Å²) in [4.78, 5) is 17.7. The fraction of sp³-hybridized carbons (Fsp3) is 0.600. The van der Waals surface area contributed by atoms with Crippen molar-refractivity contribution in [3.8, 4) is 0 Å². The zero-order valence-electron chi connectivity index (χ0n) is 9.43. The molecule has 92 valence electrons. The molecule has 1 fully saturated rings. The van der Waals surface area contributed by atoms with E-state index in [0.29, 0.717) is 6.54 Å². The molecule has 17 heavy (non-hydrogen) atoms. The minimum Gasteiger partial charge on any atom is -0.368 e. The second kappa shape index (κ2) is 4.94. The number of aromatic nitrogens is 2. The van der Waals surface area contributed by atoms with Crippen LogP contribution >= 0.6 is 0 Å². The predicted molar refractivity (Wildman–Crippen MR) is 63.5 cm³/mol. The van der Waals surface area contributed by atoms with Crippen LogP contribution in [0.2, 0.25) is 0 Å². The van der Waals surface area contributed by atoms with Gasteiger partial charge in [0, 0.05) is 6.54 Å². The zero-order valence-corrected chi connectivity index (χ0v) is 9.43. The molecule has 1 heterocycles. The molecule has 1 aromatic heterocycles. The minimum atomic E-state index is -0.511. The number of nitrogen functional groups attached to an aromatic ring is 1. The Morgan fingerprint density at radius 3 is 3.00 bits per heavy atom. The van der Waals surface area contributed by atoms with E-state index in [1.54, 1.807) is 0 Å². The lowest BCUT2D eigenvalue weighted by atomic mass is 10.2. The fourth-order valence-corrected chi connectivity index (χ4v) is 1.66. The maximum Gasteiger partial charge on any atom is 0.329 e. The first-order valence-electron chi connectivity index (χ1n) is 5.67. The van der Waals surface area contributed by atoms with Crippen LogP contribution in [0, 0.1) is 16.0 Å². The molecule has 2 rings (SSSR count). The largest absolute Gasteiger partial charge is 0.368 e. The van der Waals surface area contributed by atoms with Gasteiger partial charge in [-0.15, -0.1) is 0 Å². The Labute approximate surface area is 98.6 Å². The molecule has 7 heteroatoms. The van der Waals surface area contributed by atoms with Crippen LogP contribution in [0.5, 0.6) is 0 Å². The highest BCUT2D eigenvalue weighted by atomic mass is 16.6. The Balaban J connectivity index is 1.92. The van der Waals surface area contributed by atoms with Gasteiger partial charge in [-0.2, -0.15) is 4.98 Å². The van der Waals surface area contributed by atoms with Gasteiger partial charge in [-0.1, -0.05) is 12.8 Å². The summed E-state index contributed by atoms with van der Waals surface area (Å²) in [5.74, 6) is 1.11. The van der Waals surface area contributed by atoms with Crippen LogP contribution in [-0.4, -0.2) is 21.4 Å². The van der Waals surface area contributed by atoms with Crippen molar-refractivity contribution >= 4 is 17.5 Å². The molecule has 0 radical (unpaired) electrons. The zero-order chi connectivity index (χ0) is 12.3. The average Bonchev–Trinajstić information content (AvgIpc) is 3.08. The molecule has 1 saturated carbocycles. The Morgan fingerprint density at radius 1 is 1.59 bits per heavy atom. The van der Waals surface area contributed by atoms with Crippen molar-refractivity contribution in [1.82, 2.24) is 9.97 Å². The Bertz CT molecular complexity index is 419. The molecule has 0 spiro atoms. The van der Waals surface area contributed by atoms with Gasteiger partial charge in [0.05, 0.1) is 4.92 Å². The summed E-state index contributed by atoms with van der Waals surface area (Å²) in [5, 5.41) is 13.7. The number of hydrogen-bond donors (Lipinski definition) is 2. The van der Waals surface area contributed by atoms with Crippen LogP contribution in [0.1, 0.15) is 25.7 Å². The summed E-state index contributed by atoms with van der Waals surface area (Å²) in [7, 11) is 0. The molecule has 1 aliphatic rings. The van der Waals surface area contributed by atoms with Crippen LogP contribution in [0.15, 0.2) is 6.20 Å². The lowest BCUT2D eigenvalue weighted by molar-refractivity contribution is -0.384. The van der Waals surface area contributed by atoms with E-state index in [-0.39, 0.29) is 17.5 Å². The summed E-state index contributed by atoms with van der Waals surface area (Å²) >= 11 is 0. The standard InChI is InChI=1S/C10H15N5O2/c11-10-13-6-8(15(16)17)9(14-10)12-5-1-2-7-3-4-7/h6-7H,1-5H2,(H3,11,12,13,14). The second-order valence-corrected chi connectivity index (χ2v) is 4.23. The van der Waals surface area contributed by atoms with E-state index in [1.165, 1.54) is 19.3 Å². The highest BCUT2D eigenvalue weighted by Crippen LogP contribution is 2.33. The summed E-state index contributed by atoms with van der Waals surface area (Å²) in [5.41, 5.74) is 5.27. The topological polar surface area (TPSA) is 107 Å². The number of nitrogens with one attached hydrogen (secondary N) is 1. The van der Waals surface area contributed by atoms with Crippen molar-refractivity contribution in [2.45, 2.75) is 25.7 Å². The van der Waals surface area contributed by atoms with Crippen molar-refractivity contribution in [1.29, 1.82) is 0 Å². The van der Waals surface area contributed by atoms with Crippen molar-refractivity contribution in [2.75, 3.05) is 17.6 Å². The Morgan fingerprint density at radius 2 is 2.35 bits per heavy atom. The molecule has 3 N–H and O–H groups in total. The van der Waals surface area contributed by atoms with Gasteiger partial charge >= 0.3 is 5.69 Å². The third-order valence-corrected chi connectivity index (χ3v) is 2.76. The lowest BCUT2D eigenvalue weighted by Crippen LogP contribution is -2.08. The van der Waals surface area contributed by atoms with Crippen molar-refractivity contribution in [3.63, 3.8) is 0 Å². The molecule has 0 amide bonds. The van der Waals surface area contributed by atoms with E-state index in [4.69, 9.17) is 5.73 Å². The van der Waals surface area contributed by atoms with E-state index in [0.717, 1.165) is 18.5 Å². The van der Waals surface area contributed by atoms with Crippen LogP contribution in [0.25, 0.3) is 0 Å². The number of anilines is 2. The average molecular weight is 237 g/mol. The highest BCUT2D eigenvalue weighted by molar-refractivity contribution is 5.56. The van der Waals surface area contributed by atoms with E-state index in [2.05, 4.69) is 15.3 Å². The molecule has 1 aromatic rings. The Kier molecular flexibility index (Phi) is 3.36. The maximum absolute atomic E-state index is 10.7. The van der Waals surface area contributed by atoms with Crippen LogP contribution in [-0.2, 0) is 0 Å². The van der Waals surface area contributed by atoms with Gasteiger partial charge in [0.2, 0.25) is 11.8 Å². The monoisotopic (exact) mass is 237 g/mol. The van der Waals surface area contributed by atoms with E-state index in [9.17, 15) is 10.1 Å². The highest BCUT2D eigenvalue weighted by Gasteiger charge is 2.20. The summed E-state index contributed by atoms with van der Waals surface area (Å²) in [6.45, 7) is 0.674. The molecule has 0 unspecified atom stereocenters. The number of rotatable bonds is 6. The molecule has 0 bridgehead atoms. The van der Waals surface area contributed by atoms with E-state index < -0.39 is 4.92 Å². The third kappa shape index (κ3) is 3.27. The van der Waals surface area contributed by atoms with Gasteiger partial charge < -0.3 is 11.1 Å². The molecule has 0 atom stereocenters. The van der Waals surface area contributed by atoms with Gasteiger partial charge in [-0.3, -0.25) is 10.1 Å². The van der Waals surface area contributed by atoms with E-state index >= 15 is 0 Å². The number of nitrogens with two attached hydrogens (primary N) is 1. The first-order chi connectivity index (χ1) is 8.16. The SMILES string of the molecule is Nc1ncc([N+](=O)[O-])c(NCCCC2CC2)n1. The molecular formula is C10H15N5O2. The van der Waals surface area contributed by atoms with Crippen molar-refractivity contribution < 1.29 is 4.92 Å². The molecular weight excluding hydrogens is 222 g/mol. The number of hydrogen-bond acceptors (Lipinski definition) is 6. The number of nitro groups is 1. The molecule has 0 saturated heterocycles. The summed E-state index contributed by atoms with van der Waals surface area (Å²) < 4.78 is 0. The van der Waals surface area contributed by atoms with Crippen LogP contribution in [0.4, 0.5) is 17.5 Å². The van der Waals surface area contributed by atoms with Crippen molar-refractivity contribution in [3.05, 3.63) is 16.3 Å². The van der Waals surface area contributed by atoms with Crippen LogP contribution < -0.4 is 11.1 Å². The fourth-order valence-electron chi connectivity index (χ4n) is 1.66. The predicted octanol–water partition coefficient (Wildman–Crippen LogP) is 1.57. The normalized spacial score (nSPS) is 14.6. The van der Waals surface area contributed by atoms with Gasteiger partial charge in [-0.05, 0) is 18.8 Å². The molecule has 1 aliphatic carbocycles. The summed E-state index contributed by atoms with van der Waals surface area (Å²) in [6, 6.07) is 0. The van der Waals surface area contributed by atoms with E-state index in [1.807, 2.05) is 0 Å². The first-order valence-corrected chi connectivity index (χ1v) is 5.67. The van der Waals surface area contributed by atoms with Gasteiger partial charge in [-0.25, -0.2) is 4.98 Å². The molecule has 7 nitrogen and oxygen atoms in total. The van der Waals surface area contributed by atoms with Gasteiger partial charge in [0.1, 0.15) is 6.20 Å². The Hall–Kier alpha value is -1.92. The molecule has 0 aliphatic heterocycles. The molecule has 0 aromatic carbocycles. The maximum atomic E-state index is 10.7. The quantitative estimate of drug-likeness (QED) is 0.441. The summed E-state index contributed by atoms with van der Waals surface area (Å²) in [6.07, 6.45) is 5.93. The lowest BCUT2D eigenvalue weighted by Gasteiger charge is -2.05. The number of nitrogens with zero attached hydrogens (tertiary/aromatic N) is 3. The van der Waals surface area contributed by atoms with Crippen LogP contribution in [0.3, 0.4) is 0 Å². The van der Waals surface area contributed by atoms with Gasteiger partial charge in [0.15, 0.2) is 0 Å². The second-order valence-electron chi connectivity index (χ2n) is 4.23. The third-order valence-electron chi connectivity index (χ3n) is 2.76. The smallest absolute Gasteiger partial charge is 0.329 e.